The highest BCUT2D eigenvalue weighted by molar-refractivity contribution is 5.59. The lowest BCUT2D eigenvalue weighted by atomic mass is 10.1. The predicted molar refractivity (Wildman–Crippen MR) is 76.2 cm³/mol. The Kier molecular flexibility index (Phi) is 4.14. The first-order valence-electron chi connectivity index (χ1n) is 6.22. The summed E-state index contributed by atoms with van der Waals surface area (Å²) in [5.41, 5.74) is 0.970. The minimum Gasteiger partial charge on any atom is -0.378 e. The fraction of sp³-hybridized carbons (Fsp3) is 0.133. The van der Waals surface area contributed by atoms with Gasteiger partial charge in [0.05, 0.1) is 4.92 Å². The predicted octanol–water partition coefficient (Wildman–Crippen LogP) is 3.78. The molecule has 0 saturated heterocycles. The number of nitriles is 1. The molecule has 0 amide bonds. The van der Waals surface area contributed by atoms with E-state index in [0.29, 0.717) is 5.69 Å². The SMILES string of the molecule is CC(Nc1ccc(C#N)c([N+](=O)[O-])c1)c1cccc(F)c1. The third kappa shape index (κ3) is 3.34. The Bertz CT molecular complexity index is 725. The first-order valence-corrected chi connectivity index (χ1v) is 6.22. The number of nitro groups is 1. The smallest absolute Gasteiger partial charge is 0.289 e. The molecule has 0 aliphatic heterocycles. The highest BCUT2D eigenvalue weighted by atomic mass is 19.1. The Labute approximate surface area is 120 Å². The van der Waals surface area contributed by atoms with Gasteiger partial charge >= 0.3 is 0 Å². The molecule has 2 aromatic carbocycles. The van der Waals surface area contributed by atoms with Crippen molar-refractivity contribution in [1.29, 1.82) is 5.26 Å². The molecule has 106 valence electrons. The van der Waals surface area contributed by atoms with Crippen LogP contribution in [0.15, 0.2) is 42.5 Å². The topological polar surface area (TPSA) is 79.0 Å². The fourth-order valence-electron chi connectivity index (χ4n) is 1.98. The summed E-state index contributed by atoms with van der Waals surface area (Å²) in [7, 11) is 0. The molecule has 0 aliphatic rings. The van der Waals surface area contributed by atoms with Crippen molar-refractivity contribution in [3.8, 4) is 6.07 Å². The lowest BCUT2D eigenvalue weighted by Crippen LogP contribution is -2.07. The van der Waals surface area contributed by atoms with Gasteiger partial charge in [0.25, 0.3) is 5.69 Å². The van der Waals surface area contributed by atoms with Crippen molar-refractivity contribution in [3.05, 3.63) is 69.5 Å². The van der Waals surface area contributed by atoms with Crippen LogP contribution in [0.1, 0.15) is 24.1 Å². The van der Waals surface area contributed by atoms with Crippen LogP contribution in [0.2, 0.25) is 0 Å². The van der Waals surface area contributed by atoms with Gasteiger partial charge in [0.1, 0.15) is 17.4 Å². The molecule has 1 unspecified atom stereocenters. The van der Waals surface area contributed by atoms with E-state index in [1.165, 1.54) is 24.3 Å². The first kappa shape index (κ1) is 14.5. The zero-order valence-electron chi connectivity index (χ0n) is 11.2. The number of rotatable bonds is 4. The van der Waals surface area contributed by atoms with Gasteiger partial charge in [0.15, 0.2) is 0 Å². The average Bonchev–Trinajstić information content (AvgIpc) is 2.47. The van der Waals surface area contributed by atoms with E-state index in [4.69, 9.17) is 5.26 Å². The van der Waals surface area contributed by atoms with E-state index < -0.39 is 4.92 Å². The van der Waals surface area contributed by atoms with Gasteiger partial charge in [-0.25, -0.2) is 4.39 Å². The van der Waals surface area contributed by atoms with Gasteiger partial charge in [-0.3, -0.25) is 10.1 Å². The number of benzene rings is 2. The number of nitro benzene ring substituents is 1. The Hall–Kier alpha value is -2.94. The third-order valence-corrected chi connectivity index (χ3v) is 3.05. The maximum atomic E-state index is 13.2. The Morgan fingerprint density at radius 2 is 2.10 bits per heavy atom. The summed E-state index contributed by atoms with van der Waals surface area (Å²) in [5, 5.41) is 22.8. The van der Waals surface area contributed by atoms with Crippen LogP contribution in [-0.2, 0) is 0 Å². The van der Waals surface area contributed by atoms with Crippen LogP contribution in [-0.4, -0.2) is 4.92 Å². The van der Waals surface area contributed by atoms with E-state index in [9.17, 15) is 14.5 Å². The van der Waals surface area contributed by atoms with Gasteiger partial charge in [-0.2, -0.15) is 5.26 Å². The molecule has 0 radical (unpaired) electrons. The second kappa shape index (κ2) is 6.01. The summed E-state index contributed by atoms with van der Waals surface area (Å²) >= 11 is 0. The molecule has 2 aromatic rings. The van der Waals surface area contributed by atoms with Gasteiger partial charge in [0, 0.05) is 17.8 Å². The molecule has 0 spiro atoms. The van der Waals surface area contributed by atoms with E-state index in [2.05, 4.69) is 5.32 Å². The van der Waals surface area contributed by atoms with Crippen molar-refractivity contribution in [2.45, 2.75) is 13.0 Å². The molecule has 6 heteroatoms. The molecule has 1 N–H and O–H groups in total. The average molecular weight is 285 g/mol. The minimum absolute atomic E-state index is 0.00367. The van der Waals surface area contributed by atoms with Crippen molar-refractivity contribution in [1.82, 2.24) is 0 Å². The number of nitrogens with one attached hydrogen (secondary N) is 1. The Morgan fingerprint density at radius 3 is 2.71 bits per heavy atom. The minimum atomic E-state index is -0.601. The maximum absolute atomic E-state index is 13.2. The van der Waals surface area contributed by atoms with Crippen LogP contribution < -0.4 is 5.32 Å². The van der Waals surface area contributed by atoms with Crippen molar-refractivity contribution >= 4 is 11.4 Å². The first-order chi connectivity index (χ1) is 10.0. The lowest BCUT2D eigenvalue weighted by molar-refractivity contribution is -0.385. The van der Waals surface area contributed by atoms with Crippen LogP contribution in [0, 0.1) is 27.3 Å². The summed E-state index contributed by atoms with van der Waals surface area (Å²) < 4.78 is 13.2. The summed E-state index contributed by atoms with van der Waals surface area (Å²) in [6.07, 6.45) is 0. The molecule has 5 nitrogen and oxygen atoms in total. The zero-order chi connectivity index (χ0) is 15.4. The van der Waals surface area contributed by atoms with E-state index in [1.54, 1.807) is 24.3 Å². The summed E-state index contributed by atoms with van der Waals surface area (Å²) in [4.78, 5) is 10.3. The normalized spacial score (nSPS) is 11.5. The van der Waals surface area contributed by atoms with Gasteiger partial charge in [-0.05, 0) is 36.8 Å². The number of halogens is 1. The van der Waals surface area contributed by atoms with Gasteiger partial charge in [0.2, 0.25) is 0 Å². The van der Waals surface area contributed by atoms with Gasteiger partial charge < -0.3 is 5.32 Å². The number of anilines is 1. The fourth-order valence-corrected chi connectivity index (χ4v) is 1.98. The molecule has 0 aromatic heterocycles. The zero-order valence-corrected chi connectivity index (χ0v) is 11.2. The molecular formula is C15H12FN3O2. The van der Waals surface area contributed by atoms with E-state index in [1.807, 2.05) is 6.92 Å². The second-order valence-corrected chi connectivity index (χ2v) is 4.52. The van der Waals surface area contributed by atoms with Crippen LogP contribution >= 0.6 is 0 Å². The number of hydrogen-bond donors (Lipinski definition) is 1. The molecule has 0 saturated carbocycles. The third-order valence-electron chi connectivity index (χ3n) is 3.05. The van der Waals surface area contributed by atoms with Crippen LogP contribution in [0.3, 0.4) is 0 Å². The molecule has 21 heavy (non-hydrogen) atoms. The molecule has 0 bridgehead atoms. The lowest BCUT2D eigenvalue weighted by Gasteiger charge is -2.15. The van der Waals surface area contributed by atoms with Gasteiger partial charge in [-0.15, -0.1) is 0 Å². The van der Waals surface area contributed by atoms with Crippen LogP contribution in [0.5, 0.6) is 0 Å². The summed E-state index contributed by atoms with van der Waals surface area (Å²) in [5.74, 6) is -0.341. The van der Waals surface area contributed by atoms with E-state index >= 15 is 0 Å². The standard InChI is InChI=1S/C15H12FN3O2/c1-10(11-3-2-4-13(16)7-11)18-14-6-5-12(9-17)15(8-14)19(20)21/h2-8,10,18H,1H3. The Balaban J connectivity index is 2.26. The van der Waals surface area contributed by atoms with Crippen molar-refractivity contribution < 1.29 is 9.31 Å². The molecular weight excluding hydrogens is 273 g/mol. The summed E-state index contributed by atoms with van der Waals surface area (Å²) in [6.45, 7) is 1.82. The second-order valence-electron chi connectivity index (χ2n) is 4.52. The molecule has 2 rings (SSSR count). The molecule has 0 heterocycles. The van der Waals surface area contributed by atoms with Gasteiger partial charge in [-0.1, -0.05) is 12.1 Å². The van der Waals surface area contributed by atoms with Crippen molar-refractivity contribution in [2.75, 3.05) is 5.32 Å². The van der Waals surface area contributed by atoms with Crippen molar-refractivity contribution in [2.24, 2.45) is 0 Å². The molecule has 1 atom stereocenters. The maximum Gasteiger partial charge on any atom is 0.289 e. The van der Waals surface area contributed by atoms with Crippen LogP contribution in [0.4, 0.5) is 15.8 Å². The number of nitrogens with zero attached hydrogens (tertiary/aromatic N) is 2. The van der Waals surface area contributed by atoms with Crippen LogP contribution in [0.25, 0.3) is 0 Å². The summed E-state index contributed by atoms with van der Waals surface area (Å²) in [6, 6.07) is 11.9. The highest BCUT2D eigenvalue weighted by Crippen LogP contribution is 2.26. The highest BCUT2D eigenvalue weighted by Gasteiger charge is 2.15. The number of hydrogen-bond acceptors (Lipinski definition) is 4. The monoisotopic (exact) mass is 285 g/mol. The van der Waals surface area contributed by atoms with E-state index in [-0.39, 0.29) is 23.1 Å². The quantitative estimate of drug-likeness (QED) is 0.685. The molecule has 0 fully saturated rings. The molecule has 0 aliphatic carbocycles. The Morgan fingerprint density at radius 1 is 1.33 bits per heavy atom. The van der Waals surface area contributed by atoms with Crippen molar-refractivity contribution in [3.63, 3.8) is 0 Å². The largest absolute Gasteiger partial charge is 0.378 e. The van der Waals surface area contributed by atoms with E-state index in [0.717, 1.165) is 5.56 Å².